The van der Waals surface area contributed by atoms with E-state index in [1.165, 1.54) is 12.1 Å². The Balaban J connectivity index is 2.17. The van der Waals surface area contributed by atoms with Crippen LogP contribution in [0.15, 0.2) is 17.5 Å². The van der Waals surface area contributed by atoms with Gasteiger partial charge in [0.15, 0.2) is 0 Å². The predicted molar refractivity (Wildman–Crippen MR) is 84.9 cm³/mol. The number of benzene rings is 1. The monoisotopic (exact) mass is 343 g/mol. The van der Waals surface area contributed by atoms with Gasteiger partial charge in [0.05, 0.1) is 38.7 Å². The Labute approximate surface area is 135 Å². The van der Waals surface area contributed by atoms with E-state index in [-0.39, 0.29) is 10.4 Å². The molecule has 0 fully saturated rings. The second-order valence-corrected chi connectivity index (χ2v) is 6.91. The number of halogens is 3. The topological polar surface area (TPSA) is 30.7 Å². The first-order chi connectivity index (χ1) is 9.95. The zero-order chi connectivity index (χ0) is 15.1. The SMILES string of the molecule is Cc1nc(Cn2c(C(C)Cl)nc3cc(Cl)c(F)cc32)cs1. The van der Waals surface area contributed by atoms with Crippen molar-refractivity contribution >= 4 is 45.6 Å². The highest BCUT2D eigenvalue weighted by atomic mass is 35.5. The lowest BCUT2D eigenvalue weighted by Gasteiger charge is -2.09. The van der Waals surface area contributed by atoms with Crippen molar-refractivity contribution in [1.82, 2.24) is 14.5 Å². The van der Waals surface area contributed by atoms with Gasteiger partial charge in [-0.3, -0.25) is 0 Å². The molecule has 0 aliphatic heterocycles. The second-order valence-electron chi connectivity index (χ2n) is 4.79. The molecule has 1 unspecified atom stereocenters. The molecule has 7 heteroatoms. The summed E-state index contributed by atoms with van der Waals surface area (Å²) in [5.41, 5.74) is 2.21. The van der Waals surface area contributed by atoms with E-state index in [1.54, 1.807) is 11.3 Å². The summed E-state index contributed by atoms with van der Waals surface area (Å²) in [6.07, 6.45) is 0. The molecule has 0 radical (unpaired) electrons. The largest absolute Gasteiger partial charge is 0.321 e. The minimum atomic E-state index is -0.464. The smallest absolute Gasteiger partial charge is 0.144 e. The minimum Gasteiger partial charge on any atom is -0.321 e. The van der Waals surface area contributed by atoms with Crippen LogP contribution in [0.2, 0.25) is 5.02 Å². The number of hydrogen-bond donors (Lipinski definition) is 0. The summed E-state index contributed by atoms with van der Waals surface area (Å²) in [7, 11) is 0. The van der Waals surface area contributed by atoms with Crippen molar-refractivity contribution in [3.05, 3.63) is 44.9 Å². The van der Waals surface area contributed by atoms with Crippen LogP contribution in [-0.2, 0) is 6.54 Å². The van der Waals surface area contributed by atoms with Crippen LogP contribution >= 0.6 is 34.5 Å². The van der Waals surface area contributed by atoms with E-state index >= 15 is 0 Å². The quantitative estimate of drug-likeness (QED) is 0.630. The first kappa shape index (κ1) is 14.8. The van der Waals surface area contributed by atoms with Gasteiger partial charge in [-0.25, -0.2) is 14.4 Å². The second kappa shape index (κ2) is 5.55. The number of thiazole rings is 1. The Hall–Kier alpha value is -1.17. The molecule has 21 heavy (non-hydrogen) atoms. The highest BCUT2D eigenvalue weighted by Gasteiger charge is 2.17. The number of hydrogen-bond acceptors (Lipinski definition) is 3. The average molecular weight is 344 g/mol. The van der Waals surface area contributed by atoms with E-state index in [9.17, 15) is 4.39 Å². The summed E-state index contributed by atoms with van der Waals surface area (Å²) in [6, 6.07) is 2.92. The minimum absolute atomic E-state index is 0.0606. The van der Waals surface area contributed by atoms with E-state index in [0.29, 0.717) is 23.4 Å². The lowest BCUT2D eigenvalue weighted by Crippen LogP contribution is -2.06. The molecule has 2 heterocycles. The number of aromatic nitrogens is 3. The fourth-order valence-electron chi connectivity index (χ4n) is 2.25. The Bertz CT molecular complexity index is 810. The Morgan fingerprint density at radius 1 is 1.38 bits per heavy atom. The van der Waals surface area contributed by atoms with Gasteiger partial charge < -0.3 is 4.57 Å². The van der Waals surface area contributed by atoms with E-state index in [0.717, 1.165) is 10.7 Å². The molecule has 2 aromatic heterocycles. The van der Waals surface area contributed by atoms with Crippen molar-refractivity contribution < 1.29 is 4.39 Å². The van der Waals surface area contributed by atoms with Crippen molar-refractivity contribution in [2.45, 2.75) is 25.8 Å². The van der Waals surface area contributed by atoms with Crippen molar-refractivity contribution in [3.8, 4) is 0 Å². The van der Waals surface area contributed by atoms with Gasteiger partial charge in [0.2, 0.25) is 0 Å². The molecule has 0 N–H and O–H groups in total. The van der Waals surface area contributed by atoms with Gasteiger partial charge in [-0.15, -0.1) is 22.9 Å². The number of alkyl halides is 1. The fraction of sp³-hybridized carbons (Fsp3) is 0.286. The molecule has 1 atom stereocenters. The van der Waals surface area contributed by atoms with Crippen LogP contribution < -0.4 is 0 Å². The van der Waals surface area contributed by atoms with Crippen molar-refractivity contribution in [2.75, 3.05) is 0 Å². The Kier molecular flexibility index (Phi) is 3.90. The molecule has 0 spiro atoms. The van der Waals surface area contributed by atoms with E-state index in [2.05, 4.69) is 9.97 Å². The third-order valence-electron chi connectivity index (χ3n) is 3.16. The highest BCUT2D eigenvalue weighted by Crippen LogP contribution is 2.29. The predicted octanol–water partition coefficient (Wildman–Crippen LogP) is 4.94. The van der Waals surface area contributed by atoms with Crippen LogP contribution in [0, 0.1) is 12.7 Å². The summed E-state index contributed by atoms with van der Waals surface area (Å²) in [6.45, 7) is 4.29. The van der Waals surface area contributed by atoms with Crippen LogP contribution in [0.25, 0.3) is 11.0 Å². The number of rotatable bonds is 3. The number of aryl methyl sites for hydroxylation is 1. The highest BCUT2D eigenvalue weighted by molar-refractivity contribution is 7.09. The first-order valence-corrected chi connectivity index (χ1v) is 8.05. The first-order valence-electron chi connectivity index (χ1n) is 6.36. The maximum absolute atomic E-state index is 13.8. The summed E-state index contributed by atoms with van der Waals surface area (Å²) in [5, 5.41) is 2.74. The Morgan fingerprint density at radius 3 is 2.76 bits per heavy atom. The molecule has 0 amide bonds. The van der Waals surface area contributed by atoms with Crippen molar-refractivity contribution in [3.63, 3.8) is 0 Å². The number of imidazole rings is 1. The zero-order valence-electron chi connectivity index (χ0n) is 11.4. The summed E-state index contributed by atoms with van der Waals surface area (Å²) < 4.78 is 15.7. The van der Waals surface area contributed by atoms with Gasteiger partial charge >= 0.3 is 0 Å². The molecule has 0 saturated heterocycles. The van der Waals surface area contributed by atoms with E-state index in [1.807, 2.05) is 23.8 Å². The number of fused-ring (bicyclic) bond motifs is 1. The normalized spacial score (nSPS) is 13.0. The van der Waals surface area contributed by atoms with Gasteiger partial charge in [0.25, 0.3) is 0 Å². The molecule has 3 rings (SSSR count). The third kappa shape index (κ3) is 2.78. The molecule has 0 saturated carbocycles. The standard InChI is InChI=1S/C14H12Cl2FN3S/c1-7(15)14-19-12-3-10(16)11(17)4-13(12)20(14)5-9-6-21-8(2)18-9/h3-4,6-7H,5H2,1-2H3. The lowest BCUT2D eigenvalue weighted by molar-refractivity contribution is 0.628. The molecule has 3 nitrogen and oxygen atoms in total. The van der Waals surface area contributed by atoms with Crippen LogP contribution in [-0.4, -0.2) is 14.5 Å². The van der Waals surface area contributed by atoms with Gasteiger partial charge in [-0.2, -0.15) is 0 Å². The molecule has 110 valence electrons. The summed E-state index contributed by atoms with van der Waals surface area (Å²) >= 11 is 13.6. The van der Waals surface area contributed by atoms with Crippen molar-refractivity contribution in [2.24, 2.45) is 0 Å². The van der Waals surface area contributed by atoms with Crippen LogP contribution in [0.5, 0.6) is 0 Å². The van der Waals surface area contributed by atoms with Gasteiger partial charge in [0, 0.05) is 11.4 Å². The Morgan fingerprint density at radius 2 is 2.14 bits per heavy atom. The molecule has 0 aliphatic rings. The van der Waals surface area contributed by atoms with E-state index < -0.39 is 5.82 Å². The maximum atomic E-state index is 13.8. The van der Waals surface area contributed by atoms with Crippen LogP contribution in [0.4, 0.5) is 4.39 Å². The molecular weight excluding hydrogens is 332 g/mol. The number of nitrogens with zero attached hydrogens (tertiary/aromatic N) is 3. The summed E-state index contributed by atoms with van der Waals surface area (Å²) in [5.74, 6) is 0.215. The molecule has 0 bridgehead atoms. The van der Waals surface area contributed by atoms with Gasteiger partial charge in [-0.1, -0.05) is 11.6 Å². The summed E-state index contributed by atoms with van der Waals surface area (Å²) in [4.78, 5) is 8.91. The third-order valence-corrected chi connectivity index (χ3v) is 4.47. The molecular formula is C14H12Cl2FN3S. The maximum Gasteiger partial charge on any atom is 0.144 e. The molecule has 0 aliphatic carbocycles. The van der Waals surface area contributed by atoms with Crippen LogP contribution in [0.3, 0.4) is 0 Å². The zero-order valence-corrected chi connectivity index (χ0v) is 13.7. The van der Waals surface area contributed by atoms with Gasteiger partial charge in [-0.05, 0) is 19.9 Å². The lowest BCUT2D eigenvalue weighted by atomic mass is 10.3. The molecule has 3 aromatic rings. The molecule has 1 aromatic carbocycles. The van der Waals surface area contributed by atoms with E-state index in [4.69, 9.17) is 23.2 Å². The van der Waals surface area contributed by atoms with Gasteiger partial charge in [0.1, 0.15) is 11.6 Å². The fourth-order valence-corrected chi connectivity index (χ4v) is 3.18. The average Bonchev–Trinajstić information content (AvgIpc) is 2.96. The van der Waals surface area contributed by atoms with Crippen molar-refractivity contribution in [1.29, 1.82) is 0 Å². The van der Waals surface area contributed by atoms with Crippen LogP contribution in [0.1, 0.15) is 28.8 Å².